The SMILES string of the molecule is CN=C/C=C(\N)CC(C)=O. The van der Waals surface area contributed by atoms with Crippen LogP contribution >= 0.6 is 0 Å². The molecule has 3 nitrogen and oxygen atoms in total. The molecule has 0 unspecified atom stereocenters. The lowest BCUT2D eigenvalue weighted by molar-refractivity contribution is -0.116. The van der Waals surface area contributed by atoms with E-state index in [1.807, 2.05) is 0 Å². The van der Waals surface area contributed by atoms with Gasteiger partial charge in [0, 0.05) is 25.4 Å². The Bertz CT molecular complexity index is 170. The Morgan fingerprint density at radius 1 is 1.70 bits per heavy atom. The molecule has 0 amide bonds. The highest BCUT2D eigenvalue weighted by atomic mass is 16.1. The summed E-state index contributed by atoms with van der Waals surface area (Å²) in [5, 5.41) is 0. The van der Waals surface area contributed by atoms with Gasteiger partial charge in [-0.05, 0) is 13.0 Å². The number of hydrogen-bond donors (Lipinski definition) is 1. The Hall–Kier alpha value is -1.12. The quantitative estimate of drug-likeness (QED) is 0.580. The van der Waals surface area contributed by atoms with Crippen LogP contribution in [0.5, 0.6) is 0 Å². The normalized spacial score (nSPS) is 12.4. The van der Waals surface area contributed by atoms with Gasteiger partial charge in [-0.1, -0.05) is 0 Å². The molecule has 2 N–H and O–H groups in total. The van der Waals surface area contributed by atoms with Crippen molar-refractivity contribution in [1.29, 1.82) is 0 Å². The predicted molar refractivity (Wildman–Crippen MR) is 42.0 cm³/mol. The maximum Gasteiger partial charge on any atom is 0.135 e. The van der Waals surface area contributed by atoms with Gasteiger partial charge in [0.1, 0.15) is 5.78 Å². The summed E-state index contributed by atoms with van der Waals surface area (Å²) < 4.78 is 0. The first-order valence-corrected chi connectivity index (χ1v) is 3.03. The van der Waals surface area contributed by atoms with E-state index < -0.39 is 0 Å². The molecule has 0 saturated carbocycles. The highest BCUT2D eigenvalue weighted by Gasteiger charge is 1.92. The highest BCUT2D eigenvalue weighted by molar-refractivity contribution is 5.80. The number of carbonyl (C=O) groups excluding carboxylic acids is 1. The standard InChI is InChI=1S/C7H12N2O/c1-6(10)5-7(8)3-4-9-2/h3-4H,5,8H2,1-2H3/b7-3-,9-4?. The summed E-state index contributed by atoms with van der Waals surface area (Å²) in [5.74, 6) is 0.0678. The molecule has 56 valence electrons. The lowest BCUT2D eigenvalue weighted by atomic mass is 10.2. The van der Waals surface area contributed by atoms with Crippen molar-refractivity contribution in [2.24, 2.45) is 10.7 Å². The average Bonchev–Trinajstić information content (AvgIpc) is 1.82. The minimum atomic E-state index is 0.0678. The van der Waals surface area contributed by atoms with Gasteiger partial charge in [0.25, 0.3) is 0 Å². The van der Waals surface area contributed by atoms with E-state index in [9.17, 15) is 4.79 Å². The molecule has 0 radical (unpaired) electrons. The molecule has 0 aromatic carbocycles. The summed E-state index contributed by atoms with van der Waals surface area (Å²) in [5.41, 5.74) is 5.96. The summed E-state index contributed by atoms with van der Waals surface area (Å²) >= 11 is 0. The van der Waals surface area contributed by atoms with Gasteiger partial charge in [-0.15, -0.1) is 0 Å². The van der Waals surface area contributed by atoms with Gasteiger partial charge in [-0.3, -0.25) is 9.79 Å². The number of allylic oxidation sites excluding steroid dienone is 2. The van der Waals surface area contributed by atoms with E-state index in [1.54, 1.807) is 19.3 Å². The molecule has 3 heteroatoms. The van der Waals surface area contributed by atoms with Crippen LogP contribution in [0.15, 0.2) is 16.8 Å². The topological polar surface area (TPSA) is 55.4 Å². The Morgan fingerprint density at radius 2 is 2.30 bits per heavy atom. The third-order valence-electron chi connectivity index (χ3n) is 0.891. The van der Waals surface area contributed by atoms with Crippen LogP contribution < -0.4 is 5.73 Å². The number of ketones is 1. The number of aliphatic imine (C=N–C) groups is 1. The van der Waals surface area contributed by atoms with E-state index in [0.29, 0.717) is 12.1 Å². The van der Waals surface area contributed by atoms with Crippen molar-refractivity contribution in [2.45, 2.75) is 13.3 Å². The number of carbonyl (C=O) groups is 1. The van der Waals surface area contributed by atoms with Gasteiger partial charge in [-0.2, -0.15) is 0 Å². The third kappa shape index (κ3) is 5.03. The van der Waals surface area contributed by atoms with Gasteiger partial charge < -0.3 is 5.73 Å². The Kier molecular flexibility index (Phi) is 4.20. The summed E-state index contributed by atoms with van der Waals surface area (Å²) in [7, 11) is 1.65. The van der Waals surface area contributed by atoms with E-state index in [2.05, 4.69) is 4.99 Å². The molecule has 10 heavy (non-hydrogen) atoms. The number of nitrogens with two attached hydrogens (primary N) is 1. The number of hydrogen-bond acceptors (Lipinski definition) is 3. The van der Waals surface area contributed by atoms with Crippen LogP contribution in [-0.4, -0.2) is 19.0 Å². The minimum absolute atomic E-state index is 0.0678. The molecule has 0 aromatic rings. The first-order valence-electron chi connectivity index (χ1n) is 3.03. The van der Waals surface area contributed by atoms with Gasteiger partial charge in [0.15, 0.2) is 0 Å². The zero-order chi connectivity index (χ0) is 7.98. The van der Waals surface area contributed by atoms with Crippen molar-refractivity contribution in [3.63, 3.8) is 0 Å². The number of Topliss-reactive ketones (excluding diaryl/α,β-unsaturated/α-hetero) is 1. The highest BCUT2D eigenvalue weighted by Crippen LogP contribution is 1.90. The zero-order valence-corrected chi connectivity index (χ0v) is 6.29. The van der Waals surface area contributed by atoms with Crippen molar-refractivity contribution >= 4 is 12.0 Å². The first kappa shape index (κ1) is 8.88. The first-order chi connectivity index (χ1) is 4.66. The molecular weight excluding hydrogens is 128 g/mol. The molecule has 0 aromatic heterocycles. The molecule has 0 atom stereocenters. The molecule has 0 rings (SSSR count). The van der Waals surface area contributed by atoms with Crippen molar-refractivity contribution in [1.82, 2.24) is 0 Å². The maximum atomic E-state index is 10.5. The van der Waals surface area contributed by atoms with Crippen molar-refractivity contribution in [2.75, 3.05) is 7.05 Å². The summed E-state index contributed by atoms with van der Waals surface area (Å²) in [4.78, 5) is 14.1. The second kappa shape index (κ2) is 4.73. The average molecular weight is 140 g/mol. The van der Waals surface area contributed by atoms with E-state index in [4.69, 9.17) is 5.73 Å². The minimum Gasteiger partial charge on any atom is -0.402 e. The van der Waals surface area contributed by atoms with Gasteiger partial charge in [0.2, 0.25) is 0 Å². The van der Waals surface area contributed by atoms with Crippen LogP contribution in [0.25, 0.3) is 0 Å². The molecular formula is C7H12N2O. The fraction of sp³-hybridized carbons (Fsp3) is 0.429. The zero-order valence-electron chi connectivity index (χ0n) is 6.29. The van der Waals surface area contributed by atoms with Crippen LogP contribution in [0.2, 0.25) is 0 Å². The lowest BCUT2D eigenvalue weighted by Crippen LogP contribution is -2.02. The second-order valence-corrected chi connectivity index (χ2v) is 2.03. The van der Waals surface area contributed by atoms with Crippen LogP contribution in [0.3, 0.4) is 0 Å². The van der Waals surface area contributed by atoms with E-state index in [0.717, 1.165) is 0 Å². The van der Waals surface area contributed by atoms with Crippen molar-refractivity contribution in [3.05, 3.63) is 11.8 Å². The molecule has 0 aliphatic carbocycles. The molecule has 0 fully saturated rings. The van der Waals surface area contributed by atoms with Crippen LogP contribution in [0.4, 0.5) is 0 Å². The Balaban J connectivity index is 3.82. The molecule has 0 spiro atoms. The molecule has 0 saturated heterocycles. The van der Waals surface area contributed by atoms with E-state index >= 15 is 0 Å². The lowest BCUT2D eigenvalue weighted by Gasteiger charge is -1.92. The van der Waals surface area contributed by atoms with Crippen LogP contribution in [-0.2, 0) is 4.79 Å². The largest absolute Gasteiger partial charge is 0.402 e. The molecule has 0 bridgehead atoms. The van der Waals surface area contributed by atoms with Crippen LogP contribution in [0.1, 0.15) is 13.3 Å². The van der Waals surface area contributed by atoms with Gasteiger partial charge >= 0.3 is 0 Å². The summed E-state index contributed by atoms with van der Waals surface area (Å²) in [6.07, 6.45) is 3.51. The molecule has 0 aliphatic heterocycles. The van der Waals surface area contributed by atoms with Gasteiger partial charge in [-0.25, -0.2) is 0 Å². The summed E-state index contributed by atoms with van der Waals surface area (Å²) in [6, 6.07) is 0. The number of nitrogens with zero attached hydrogens (tertiary/aromatic N) is 1. The fourth-order valence-corrected chi connectivity index (χ4v) is 0.517. The van der Waals surface area contributed by atoms with Crippen LogP contribution in [0, 0.1) is 0 Å². The predicted octanol–water partition coefficient (Wildman–Crippen LogP) is 0.509. The maximum absolute atomic E-state index is 10.5. The third-order valence-corrected chi connectivity index (χ3v) is 0.891. The van der Waals surface area contributed by atoms with Gasteiger partial charge in [0.05, 0.1) is 0 Å². The monoisotopic (exact) mass is 140 g/mol. The molecule has 0 heterocycles. The van der Waals surface area contributed by atoms with Crippen molar-refractivity contribution in [3.8, 4) is 0 Å². The Labute approximate surface area is 60.6 Å². The smallest absolute Gasteiger partial charge is 0.135 e. The number of rotatable bonds is 3. The second-order valence-electron chi connectivity index (χ2n) is 2.03. The molecule has 0 aliphatic rings. The van der Waals surface area contributed by atoms with E-state index in [1.165, 1.54) is 6.92 Å². The Morgan fingerprint density at radius 3 is 2.70 bits per heavy atom. The van der Waals surface area contributed by atoms with E-state index in [-0.39, 0.29) is 5.78 Å². The van der Waals surface area contributed by atoms with Crippen molar-refractivity contribution < 1.29 is 4.79 Å². The fourth-order valence-electron chi connectivity index (χ4n) is 0.517. The summed E-state index contributed by atoms with van der Waals surface area (Å²) in [6.45, 7) is 1.50.